The maximum absolute atomic E-state index is 11.3. The molecule has 122 valence electrons. The Hall–Kier alpha value is -1.80. The molecule has 0 fully saturated rings. The van der Waals surface area contributed by atoms with Crippen molar-refractivity contribution in [1.29, 1.82) is 0 Å². The SMILES string of the molecule is CCS(=O)(=O)NCCN=C(N)NC1CCOc2ccccc21. The summed E-state index contributed by atoms with van der Waals surface area (Å²) < 4.78 is 30.6. The number of nitrogens with two attached hydrogens (primary N) is 1. The van der Waals surface area contributed by atoms with Crippen molar-refractivity contribution in [3.05, 3.63) is 29.8 Å². The minimum Gasteiger partial charge on any atom is -0.493 e. The van der Waals surface area contributed by atoms with Crippen molar-refractivity contribution in [2.75, 3.05) is 25.4 Å². The van der Waals surface area contributed by atoms with E-state index in [1.807, 2.05) is 24.3 Å². The molecule has 7 nitrogen and oxygen atoms in total. The van der Waals surface area contributed by atoms with E-state index in [0.717, 1.165) is 17.7 Å². The molecule has 1 atom stereocenters. The normalized spacial score (nSPS) is 18.4. The number of hydrogen-bond donors (Lipinski definition) is 3. The van der Waals surface area contributed by atoms with Crippen LogP contribution in [0.2, 0.25) is 0 Å². The van der Waals surface area contributed by atoms with E-state index in [0.29, 0.717) is 19.1 Å². The number of nitrogens with zero attached hydrogens (tertiary/aromatic N) is 1. The Labute approximate surface area is 131 Å². The second-order valence-corrected chi connectivity index (χ2v) is 7.03. The second-order valence-electron chi connectivity index (χ2n) is 4.94. The molecule has 8 heteroatoms. The third-order valence-corrected chi connectivity index (χ3v) is 4.78. The van der Waals surface area contributed by atoms with Crippen molar-refractivity contribution in [1.82, 2.24) is 10.0 Å². The fourth-order valence-electron chi connectivity index (χ4n) is 2.20. The summed E-state index contributed by atoms with van der Waals surface area (Å²) in [5, 5.41) is 3.16. The smallest absolute Gasteiger partial charge is 0.211 e. The Bertz CT molecular complexity index is 631. The molecular formula is C14H22N4O3S. The summed E-state index contributed by atoms with van der Waals surface area (Å²) in [7, 11) is -3.18. The van der Waals surface area contributed by atoms with Crippen molar-refractivity contribution in [2.45, 2.75) is 19.4 Å². The highest BCUT2D eigenvalue weighted by Gasteiger charge is 2.21. The number of rotatable bonds is 6. The van der Waals surface area contributed by atoms with Gasteiger partial charge in [-0.05, 0) is 13.0 Å². The molecule has 0 bridgehead atoms. The van der Waals surface area contributed by atoms with Gasteiger partial charge in [-0.2, -0.15) is 0 Å². The monoisotopic (exact) mass is 326 g/mol. The van der Waals surface area contributed by atoms with E-state index in [-0.39, 0.29) is 18.3 Å². The van der Waals surface area contributed by atoms with E-state index in [1.54, 1.807) is 6.92 Å². The van der Waals surface area contributed by atoms with Gasteiger partial charge in [-0.25, -0.2) is 13.1 Å². The van der Waals surface area contributed by atoms with E-state index >= 15 is 0 Å². The highest BCUT2D eigenvalue weighted by atomic mass is 32.2. The minimum absolute atomic E-state index is 0.0565. The summed E-state index contributed by atoms with van der Waals surface area (Å²) >= 11 is 0. The number of ether oxygens (including phenoxy) is 1. The molecule has 1 aliphatic heterocycles. The van der Waals surface area contributed by atoms with Crippen molar-refractivity contribution in [3.8, 4) is 5.75 Å². The largest absolute Gasteiger partial charge is 0.493 e. The van der Waals surface area contributed by atoms with Gasteiger partial charge in [0.1, 0.15) is 5.75 Å². The maximum Gasteiger partial charge on any atom is 0.211 e. The Balaban J connectivity index is 1.87. The van der Waals surface area contributed by atoms with Crippen LogP contribution in [0.5, 0.6) is 5.75 Å². The predicted octanol–water partition coefficient (Wildman–Crippen LogP) is 0.354. The standard InChI is InChI=1S/C14H22N4O3S/c1-2-22(19,20)17-9-8-16-14(15)18-12-7-10-21-13-6-4-3-5-11(12)13/h3-6,12,17H,2,7-10H2,1H3,(H3,15,16,18). The van der Waals surface area contributed by atoms with Gasteiger partial charge in [0.05, 0.1) is 24.9 Å². The molecule has 0 amide bonds. The zero-order chi connectivity index (χ0) is 16.0. The van der Waals surface area contributed by atoms with Gasteiger partial charge in [-0.3, -0.25) is 4.99 Å². The van der Waals surface area contributed by atoms with Crippen LogP contribution in [0.15, 0.2) is 29.3 Å². The number of benzene rings is 1. The first kappa shape index (κ1) is 16.6. The number of nitrogens with one attached hydrogen (secondary N) is 2. The van der Waals surface area contributed by atoms with Crippen LogP contribution in [0.25, 0.3) is 0 Å². The molecule has 1 unspecified atom stereocenters. The first-order valence-corrected chi connectivity index (χ1v) is 8.92. The van der Waals surface area contributed by atoms with Crippen LogP contribution >= 0.6 is 0 Å². The summed E-state index contributed by atoms with van der Waals surface area (Å²) in [6.07, 6.45) is 0.801. The highest BCUT2D eigenvalue weighted by Crippen LogP contribution is 2.31. The Morgan fingerprint density at radius 3 is 3.00 bits per heavy atom. The molecule has 1 aromatic rings. The third-order valence-electron chi connectivity index (χ3n) is 3.38. The van der Waals surface area contributed by atoms with E-state index in [2.05, 4.69) is 15.0 Å². The van der Waals surface area contributed by atoms with Crippen LogP contribution in [0.4, 0.5) is 0 Å². The lowest BCUT2D eigenvalue weighted by Crippen LogP contribution is -2.38. The molecule has 0 aliphatic carbocycles. The van der Waals surface area contributed by atoms with E-state index in [9.17, 15) is 8.42 Å². The number of sulfonamides is 1. The molecule has 1 heterocycles. The molecule has 22 heavy (non-hydrogen) atoms. The van der Waals surface area contributed by atoms with E-state index in [1.165, 1.54) is 0 Å². The fourth-order valence-corrected chi connectivity index (χ4v) is 2.80. The Morgan fingerprint density at radius 1 is 1.45 bits per heavy atom. The van der Waals surface area contributed by atoms with Gasteiger partial charge in [0.2, 0.25) is 10.0 Å². The van der Waals surface area contributed by atoms with Gasteiger partial charge < -0.3 is 15.8 Å². The molecule has 2 rings (SSSR count). The number of hydrogen-bond acceptors (Lipinski definition) is 4. The van der Waals surface area contributed by atoms with Crippen molar-refractivity contribution >= 4 is 16.0 Å². The van der Waals surface area contributed by atoms with Crippen molar-refractivity contribution < 1.29 is 13.2 Å². The second kappa shape index (κ2) is 7.46. The van der Waals surface area contributed by atoms with Crippen LogP contribution in [0.3, 0.4) is 0 Å². The van der Waals surface area contributed by atoms with Crippen LogP contribution in [0.1, 0.15) is 24.9 Å². The number of aliphatic imine (C=N–C) groups is 1. The summed E-state index contributed by atoms with van der Waals surface area (Å²) in [5.74, 6) is 1.22. The summed E-state index contributed by atoms with van der Waals surface area (Å²) in [6, 6.07) is 7.86. The van der Waals surface area contributed by atoms with Gasteiger partial charge in [-0.15, -0.1) is 0 Å². The lowest BCUT2D eigenvalue weighted by atomic mass is 10.0. The molecule has 0 saturated heterocycles. The van der Waals surface area contributed by atoms with Crippen molar-refractivity contribution in [3.63, 3.8) is 0 Å². The van der Waals surface area contributed by atoms with Crippen LogP contribution in [0, 0.1) is 0 Å². The maximum atomic E-state index is 11.3. The molecule has 0 radical (unpaired) electrons. The van der Waals surface area contributed by atoms with Gasteiger partial charge in [0.15, 0.2) is 5.96 Å². The molecule has 0 spiro atoms. The zero-order valence-corrected chi connectivity index (χ0v) is 13.4. The lowest BCUT2D eigenvalue weighted by molar-refractivity contribution is 0.262. The highest BCUT2D eigenvalue weighted by molar-refractivity contribution is 7.89. The molecule has 1 aromatic carbocycles. The molecule has 1 aliphatic rings. The lowest BCUT2D eigenvalue weighted by Gasteiger charge is -2.26. The van der Waals surface area contributed by atoms with Gasteiger partial charge in [-0.1, -0.05) is 18.2 Å². The third kappa shape index (κ3) is 4.60. The Morgan fingerprint density at radius 2 is 2.23 bits per heavy atom. The molecule has 0 saturated carbocycles. The summed E-state index contributed by atoms with van der Waals surface area (Å²) in [6.45, 7) is 2.74. The molecule has 0 aromatic heterocycles. The predicted molar refractivity (Wildman–Crippen MR) is 86.4 cm³/mol. The Kier molecular flexibility index (Phi) is 5.62. The number of guanidine groups is 1. The van der Waals surface area contributed by atoms with E-state index < -0.39 is 10.0 Å². The van der Waals surface area contributed by atoms with Crippen molar-refractivity contribution in [2.24, 2.45) is 10.7 Å². The quantitative estimate of drug-likeness (QED) is 0.397. The van der Waals surface area contributed by atoms with Crippen LogP contribution < -0.4 is 20.5 Å². The van der Waals surface area contributed by atoms with Gasteiger partial charge in [0.25, 0.3) is 0 Å². The van der Waals surface area contributed by atoms with Gasteiger partial charge >= 0.3 is 0 Å². The zero-order valence-electron chi connectivity index (χ0n) is 12.6. The molecular weight excluding hydrogens is 304 g/mol. The summed E-state index contributed by atoms with van der Waals surface area (Å²) in [4.78, 5) is 4.14. The first-order chi connectivity index (χ1) is 10.5. The topological polar surface area (TPSA) is 106 Å². The van der Waals surface area contributed by atoms with Crippen LogP contribution in [-0.4, -0.2) is 39.8 Å². The summed E-state index contributed by atoms with van der Waals surface area (Å²) in [5.41, 5.74) is 6.92. The van der Waals surface area contributed by atoms with E-state index in [4.69, 9.17) is 10.5 Å². The number of para-hydroxylation sites is 1. The van der Waals surface area contributed by atoms with Gasteiger partial charge in [0, 0.05) is 18.5 Å². The number of fused-ring (bicyclic) bond motifs is 1. The first-order valence-electron chi connectivity index (χ1n) is 7.27. The average molecular weight is 326 g/mol. The fraction of sp³-hybridized carbons (Fsp3) is 0.500. The van der Waals surface area contributed by atoms with Crippen LogP contribution in [-0.2, 0) is 10.0 Å². The minimum atomic E-state index is -3.18. The average Bonchev–Trinajstić information content (AvgIpc) is 2.52. The molecule has 4 N–H and O–H groups in total.